The lowest BCUT2D eigenvalue weighted by Gasteiger charge is -2.08. The molecule has 2 rings (SSSR count). The summed E-state index contributed by atoms with van der Waals surface area (Å²) >= 11 is 0. The van der Waals surface area contributed by atoms with E-state index in [2.05, 4.69) is 5.16 Å². The van der Waals surface area contributed by atoms with Crippen LogP contribution in [0.15, 0.2) is 22.7 Å². The highest BCUT2D eigenvalue weighted by atomic mass is 16.7. The van der Waals surface area contributed by atoms with Crippen molar-refractivity contribution in [2.75, 3.05) is 20.0 Å². The quantitative estimate of drug-likeness (QED) is 0.650. The van der Waals surface area contributed by atoms with Gasteiger partial charge in [-0.2, -0.15) is 0 Å². The number of methoxy groups -OCH3 is 2. The third-order valence-electron chi connectivity index (χ3n) is 3.16. The zero-order chi connectivity index (χ0) is 16.5. The molecule has 0 spiro atoms. The van der Waals surface area contributed by atoms with Crippen molar-refractivity contribution in [3.05, 3.63) is 23.8 Å². The average Bonchev–Trinajstić information content (AvgIpc) is 2.91. The fourth-order valence-electron chi connectivity index (χ4n) is 1.93. The molecule has 0 aliphatic heterocycles. The first-order chi connectivity index (χ1) is 10.6. The van der Waals surface area contributed by atoms with Crippen molar-refractivity contribution >= 4 is 22.6 Å². The Morgan fingerprint density at radius 1 is 1.32 bits per heavy atom. The van der Waals surface area contributed by atoms with Gasteiger partial charge in [-0.05, 0) is 25.0 Å². The zero-order valence-electron chi connectivity index (χ0n) is 13.6. The van der Waals surface area contributed by atoms with Gasteiger partial charge in [0.05, 0.1) is 5.39 Å². The number of nitrogen functional groups attached to an aromatic ring is 1. The number of nitrogens with zero attached hydrogens (tertiary/aromatic N) is 1. The monoisotopic (exact) mass is 308 g/mol. The van der Waals surface area contributed by atoms with Gasteiger partial charge in [0.2, 0.25) is 0 Å². The highest BCUT2D eigenvalue weighted by Crippen LogP contribution is 2.22. The summed E-state index contributed by atoms with van der Waals surface area (Å²) in [5.41, 5.74) is 6.79. The van der Waals surface area contributed by atoms with Gasteiger partial charge in [-0.1, -0.05) is 25.1 Å². The lowest BCUT2D eigenvalue weighted by atomic mass is 10.1. The first-order valence-electron chi connectivity index (χ1n) is 7.31. The van der Waals surface area contributed by atoms with Crippen LogP contribution in [0.5, 0.6) is 0 Å². The summed E-state index contributed by atoms with van der Waals surface area (Å²) in [5.74, 6) is 0.480. The van der Waals surface area contributed by atoms with Gasteiger partial charge in [0.25, 0.3) is 0 Å². The number of hydrogen-bond donors (Lipinski definition) is 1. The van der Waals surface area contributed by atoms with Gasteiger partial charge in [0.1, 0.15) is 0 Å². The van der Waals surface area contributed by atoms with Crippen LogP contribution in [0.3, 0.4) is 0 Å². The Kier molecular flexibility index (Phi) is 7.56. The fourth-order valence-corrected chi connectivity index (χ4v) is 1.93. The second-order valence-electron chi connectivity index (χ2n) is 4.76. The largest absolute Gasteiger partial charge is 0.380 e. The number of Topliss-reactive ketones (excluding diaryl/α,β-unsaturated/α-hetero) is 1. The Balaban J connectivity index is 0.000000295. The SMILES string of the molecule is CCC(OC)OC.CCCC(=O)c1ccc2c(N)noc2c1. The zero-order valence-corrected chi connectivity index (χ0v) is 13.6. The van der Waals surface area contributed by atoms with Crippen LogP contribution in [-0.4, -0.2) is 31.4 Å². The molecule has 1 aromatic heterocycles. The maximum Gasteiger partial charge on any atom is 0.174 e. The van der Waals surface area contributed by atoms with E-state index in [0.717, 1.165) is 18.2 Å². The van der Waals surface area contributed by atoms with E-state index >= 15 is 0 Å². The molecule has 0 saturated heterocycles. The third-order valence-corrected chi connectivity index (χ3v) is 3.16. The summed E-state index contributed by atoms with van der Waals surface area (Å²) in [6.45, 7) is 3.99. The number of benzene rings is 1. The van der Waals surface area contributed by atoms with Crippen molar-refractivity contribution in [3.8, 4) is 0 Å². The number of fused-ring (bicyclic) bond motifs is 1. The lowest BCUT2D eigenvalue weighted by Crippen LogP contribution is -2.10. The summed E-state index contributed by atoms with van der Waals surface area (Å²) in [4.78, 5) is 11.6. The molecule has 1 heterocycles. The number of carbonyl (C=O) groups excluding carboxylic acids is 1. The van der Waals surface area contributed by atoms with Crippen molar-refractivity contribution in [1.82, 2.24) is 5.16 Å². The number of rotatable bonds is 6. The number of anilines is 1. The maximum absolute atomic E-state index is 11.6. The molecular weight excluding hydrogens is 284 g/mol. The molecule has 0 radical (unpaired) electrons. The van der Waals surface area contributed by atoms with Crippen molar-refractivity contribution in [2.24, 2.45) is 0 Å². The molecule has 0 unspecified atom stereocenters. The Morgan fingerprint density at radius 3 is 2.50 bits per heavy atom. The topological polar surface area (TPSA) is 87.6 Å². The Labute approximate surface area is 130 Å². The number of hydrogen-bond acceptors (Lipinski definition) is 6. The number of aromatic nitrogens is 1. The molecule has 22 heavy (non-hydrogen) atoms. The van der Waals surface area contributed by atoms with Crippen LogP contribution < -0.4 is 5.73 Å². The van der Waals surface area contributed by atoms with Crippen LogP contribution in [0.4, 0.5) is 5.82 Å². The van der Waals surface area contributed by atoms with Crippen molar-refractivity contribution in [3.63, 3.8) is 0 Å². The third kappa shape index (κ3) is 4.82. The van der Waals surface area contributed by atoms with Gasteiger partial charge < -0.3 is 19.7 Å². The number of ketones is 1. The highest BCUT2D eigenvalue weighted by molar-refractivity contribution is 6.00. The number of nitrogens with two attached hydrogens (primary N) is 1. The van der Waals surface area contributed by atoms with E-state index in [9.17, 15) is 4.79 Å². The fraction of sp³-hybridized carbons (Fsp3) is 0.500. The predicted octanol–water partition coefficient (Wildman–Crippen LogP) is 3.41. The summed E-state index contributed by atoms with van der Waals surface area (Å²) in [6.07, 6.45) is 2.29. The van der Waals surface area contributed by atoms with Gasteiger partial charge in [-0.15, -0.1) is 0 Å². The van der Waals surface area contributed by atoms with Crippen molar-refractivity contribution in [2.45, 2.75) is 39.4 Å². The molecule has 122 valence electrons. The Bertz CT molecular complexity index is 585. The van der Waals surface area contributed by atoms with Gasteiger partial charge in [-0.25, -0.2) is 0 Å². The molecule has 0 bridgehead atoms. The van der Waals surface area contributed by atoms with Crippen LogP contribution in [0.25, 0.3) is 11.0 Å². The summed E-state index contributed by atoms with van der Waals surface area (Å²) < 4.78 is 14.6. The second-order valence-corrected chi connectivity index (χ2v) is 4.76. The predicted molar refractivity (Wildman–Crippen MR) is 85.8 cm³/mol. The molecule has 2 N–H and O–H groups in total. The molecule has 0 amide bonds. The van der Waals surface area contributed by atoms with Crippen molar-refractivity contribution in [1.29, 1.82) is 0 Å². The average molecular weight is 308 g/mol. The minimum atomic E-state index is -0.0139. The molecule has 0 fully saturated rings. The molecule has 1 aromatic carbocycles. The summed E-state index contributed by atoms with van der Waals surface area (Å²) in [5, 5.41) is 4.39. The number of carbonyl (C=O) groups is 1. The Hall–Kier alpha value is -1.92. The van der Waals surface area contributed by atoms with Gasteiger partial charge in [-0.3, -0.25) is 4.79 Å². The van der Waals surface area contributed by atoms with Crippen molar-refractivity contribution < 1.29 is 18.8 Å². The van der Waals surface area contributed by atoms with E-state index in [-0.39, 0.29) is 12.1 Å². The lowest BCUT2D eigenvalue weighted by molar-refractivity contribution is -0.103. The highest BCUT2D eigenvalue weighted by Gasteiger charge is 2.09. The second kappa shape index (κ2) is 9.17. The maximum atomic E-state index is 11.6. The first-order valence-corrected chi connectivity index (χ1v) is 7.31. The van der Waals surface area contributed by atoms with Gasteiger partial charge >= 0.3 is 0 Å². The van der Waals surface area contributed by atoms with E-state index < -0.39 is 0 Å². The Morgan fingerprint density at radius 2 is 2.00 bits per heavy atom. The smallest absolute Gasteiger partial charge is 0.174 e. The molecule has 0 aliphatic carbocycles. The molecule has 2 aromatic rings. The molecular formula is C16H24N2O4. The minimum absolute atomic E-state index is 0.0139. The van der Waals surface area contributed by atoms with Gasteiger partial charge in [0.15, 0.2) is 23.5 Å². The van der Waals surface area contributed by atoms with Crippen LogP contribution in [0.2, 0.25) is 0 Å². The molecule has 6 heteroatoms. The number of ether oxygens (including phenoxy) is 2. The van der Waals surface area contributed by atoms with E-state index in [1.54, 1.807) is 32.4 Å². The van der Waals surface area contributed by atoms with Gasteiger partial charge in [0, 0.05) is 26.2 Å². The summed E-state index contributed by atoms with van der Waals surface area (Å²) in [7, 11) is 3.27. The first kappa shape index (κ1) is 18.1. The van der Waals surface area contributed by atoms with Crippen LogP contribution >= 0.6 is 0 Å². The van der Waals surface area contributed by atoms with E-state index in [1.165, 1.54) is 0 Å². The standard InChI is InChI=1S/C11H12N2O2.C5H12O2/c1-2-3-9(14)7-4-5-8-10(6-7)15-13-11(8)12;1-4-5(6-2)7-3/h4-6H,2-3H2,1H3,(H2,12,13);5H,4H2,1-3H3. The van der Waals surface area contributed by atoms with Crippen LogP contribution in [0, 0.1) is 0 Å². The van der Waals surface area contributed by atoms with Crippen LogP contribution in [0.1, 0.15) is 43.5 Å². The molecule has 6 nitrogen and oxygen atoms in total. The van der Waals surface area contributed by atoms with E-state index in [1.807, 2.05) is 13.8 Å². The van der Waals surface area contributed by atoms with Crippen LogP contribution in [-0.2, 0) is 9.47 Å². The molecule has 0 saturated carbocycles. The molecule has 0 atom stereocenters. The normalized spacial score (nSPS) is 10.6. The molecule has 0 aliphatic rings. The van der Waals surface area contributed by atoms with E-state index in [0.29, 0.717) is 23.4 Å². The van der Waals surface area contributed by atoms with E-state index in [4.69, 9.17) is 19.7 Å². The summed E-state index contributed by atoms with van der Waals surface area (Å²) in [6, 6.07) is 5.22. The minimum Gasteiger partial charge on any atom is -0.380 e.